The first-order valence-corrected chi connectivity index (χ1v) is 6.64. The molecule has 6 heteroatoms. The second kappa shape index (κ2) is 5.81. The van der Waals surface area contributed by atoms with Crippen LogP contribution in [0.1, 0.15) is 24.0 Å². The molecule has 0 atom stereocenters. The van der Waals surface area contributed by atoms with E-state index in [1.165, 1.54) is 4.90 Å². The van der Waals surface area contributed by atoms with Gasteiger partial charge in [0.1, 0.15) is 0 Å². The molecule has 3 N–H and O–H groups in total. The second-order valence-electron chi connectivity index (χ2n) is 4.84. The monoisotopic (exact) mass is 277 g/mol. The summed E-state index contributed by atoms with van der Waals surface area (Å²) in [6.07, 6.45) is 2.80. The lowest BCUT2D eigenvalue weighted by Crippen LogP contribution is -2.28. The Balaban J connectivity index is 2.43. The molecule has 0 aromatic heterocycles. The Hall–Kier alpha value is -2.24. The van der Waals surface area contributed by atoms with E-state index in [9.17, 15) is 9.59 Å². The smallest absolute Gasteiger partial charge is 0.411 e. The summed E-state index contributed by atoms with van der Waals surface area (Å²) >= 11 is 0. The van der Waals surface area contributed by atoms with Gasteiger partial charge in [0.05, 0.1) is 5.69 Å². The molecule has 1 aromatic carbocycles. The fourth-order valence-electron chi connectivity index (χ4n) is 2.57. The van der Waals surface area contributed by atoms with Crippen LogP contribution in [0.15, 0.2) is 12.1 Å². The van der Waals surface area contributed by atoms with E-state index in [-0.39, 0.29) is 6.03 Å². The van der Waals surface area contributed by atoms with Gasteiger partial charge in [-0.1, -0.05) is 0 Å². The predicted molar refractivity (Wildman–Crippen MR) is 77.6 cm³/mol. The molecule has 1 aromatic rings. The van der Waals surface area contributed by atoms with Gasteiger partial charge in [-0.15, -0.1) is 0 Å². The number of hydrogen-bond acceptors (Lipinski definition) is 2. The van der Waals surface area contributed by atoms with Crippen LogP contribution in [0.3, 0.4) is 0 Å². The molecule has 1 aliphatic rings. The molecule has 0 aliphatic heterocycles. The maximum atomic E-state index is 11.5. The topological polar surface area (TPSA) is 81.7 Å². The summed E-state index contributed by atoms with van der Waals surface area (Å²) < 4.78 is 0. The molecule has 0 bridgehead atoms. The third-order valence-corrected chi connectivity index (χ3v) is 3.63. The Morgan fingerprint density at radius 3 is 2.45 bits per heavy atom. The Morgan fingerprint density at radius 2 is 1.85 bits per heavy atom. The van der Waals surface area contributed by atoms with Crippen molar-refractivity contribution in [3.63, 3.8) is 0 Å². The minimum Gasteiger partial charge on any atom is -0.465 e. The van der Waals surface area contributed by atoms with Crippen molar-refractivity contribution in [2.24, 2.45) is 0 Å². The minimum absolute atomic E-state index is 0.267. The van der Waals surface area contributed by atoms with E-state index in [1.807, 2.05) is 0 Å². The first kappa shape index (κ1) is 14.2. The van der Waals surface area contributed by atoms with Crippen molar-refractivity contribution < 1.29 is 14.7 Å². The van der Waals surface area contributed by atoms with Gasteiger partial charge in [0.15, 0.2) is 0 Å². The lowest BCUT2D eigenvalue weighted by atomic mass is 9.88. The molecule has 2 rings (SSSR count). The molecule has 108 valence electrons. The molecule has 20 heavy (non-hydrogen) atoms. The third kappa shape index (κ3) is 2.68. The molecule has 0 heterocycles. The number of rotatable bonds is 2. The molecule has 6 nitrogen and oxygen atoms in total. The summed E-state index contributed by atoms with van der Waals surface area (Å²) in [7, 11) is 3.10. The number of amides is 3. The second-order valence-corrected chi connectivity index (χ2v) is 4.84. The summed E-state index contributed by atoms with van der Waals surface area (Å²) in [4.78, 5) is 23.8. The van der Waals surface area contributed by atoms with Crippen LogP contribution < -0.4 is 15.5 Å². The zero-order valence-electron chi connectivity index (χ0n) is 11.7. The molecule has 0 spiro atoms. The van der Waals surface area contributed by atoms with E-state index in [0.29, 0.717) is 5.69 Å². The van der Waals surface area contributed by atoms with E-state index in [2.05, 4.69) is 10.6 Å². The highest BCUT2D eigenvalue weighted by atomic mass is 16.4. The van der Waals surface area contributed by atoms with Gasteiger partial charge in [0.2, 0.25) is 0 Å². The molecule has 0 saturated heterocycles. The van der Waals surface area contributed by atoms with Crippen molar-refractivity contribution in [2.75, 3.05) is 24.3 Å². The minimum atomic E-state index is -0.982. The number of nitrogens with one attached hydrogen (secondary N) is 2. The van der Waals surface area contributed by atoms with Crippen molar-refractivity contribution in [3.8, 4) is 0 Å². The van der Waals surface area contributed by atoms with E-state index in [4.69, 9.17) is 5.11 Å². The van der Waals surface area contributed by atoms with Crippen LogP contribution in [0.25, 0.3) is 0 Å². The number of anilines is 2. The maximum absolute atomic E-state index is 11.5. The number of carbonyl (C=O) groups is 2. The summed E-state index contributed by atoms with van der Waals surface area (Å²) in [6, 6.07) is 3.26. The maximum Gasteiger partial charge on any atom is 0.411 e. The fraction of sp³-hybridized carbons (Fsp3) is 0.429. The van der Waals surface area contributed by atoms with Crippen molar-refractivity contribution in [3.05, 3.63) is 23.3 Å². The van der Waals surface area contributed by atoms with Gasteiger partial charge >= 0.3 is 12.1 Å². The number of hydrogen-bond donors (Lipinski definition) is 3. The number of benzene rings is 1. The van der Waals surface area contributed by atoms with Crippen molar-refractivity contribution in [1.82, 2.24) is 5.32 Å². The summed E-state index contributed by atoms with van der Waals surface area (Å²) in [5.74, 6) is 0. The van der Waals surface area contributed by atoms with Crippen molar-refractivity contribution in [2.45, 2.75) is 25.7 Å². The molecular weight excluding hydrogens is 258 g/mol. The van der Waals surface area contributed by atoms with Crippen LogP contribution in [0.4, 0.5) is 21.0 Å². The molecule has 0 saturated carbocycles. The van der Waals surface area contributed by atoms with Gasteiger partial charge < -0.3 is 15.7 Å². The van der Waals surface area contributed by atoms with Crippen LogP contribution >= 0.6 is 0 Å². The Morgan fingerprint density at radius 1 is 1.20 bits per heavy atom. The van der Waals surface area contributed by atoms with Gasteiger partial charge in [-0.3, -0.25) is 4.90 Å². The number of nitrogens with zero attached hydrogens (tertiary/aromatic N) is 1. The van der Waals surface area contributed by atoms with E-state index < -0.39 is 6.09 Å². The van der Waals surface area contributed by atoms with Crippen LogP contribution in [0.5, 0.6) is 0 Å². The first-order valence-electron chi connectivity index (χ1n) is 6.64. The number of carbonyl (C=O) groups excluding carboxylic acids is 1. The van der Waals surface area contributed by atoms with Crippen LogP contribution in [0, 0.1) is 0 Å². The Labute approximate surface area is 117 Å². The largest absolute Gasteiger partial charge is 0.465 e. The average Bonchev–Trinajstić information content (AvgIpc) is 2.46. The summed E-state index contributed by atoms with van der Waals surface area (Å²) in [6.45, 7) is 0. The highest BCUT2D eigenvalue weighted by Gasteiger charge is 2.21. The van der Waals surface area contributed by atoms with Crippen molar-refractivity contribution >= 4 is 23.5 Å². The van der Waals surface area contributed by atoms with Gasteiger partial charge in [-0.2, -0.15) is 0 Å². The van der Waals surface area contributed by atoms with Crippen LogP contribution in [-0.2, 0) is 12.8 Å². The highest BCUT2D eigenvalue weighted by Crippen LogP contribution is 2.35. The zero-order valence-corrected chi connectivity index (χ0v) is 11.7. The van der Waals surface area contributed by atoms with Gasteiger partial charge in [0, 0.05) is 19.8 Å². The lowest BCUT2D eigenvalue weighted by Gasteiger charge is -2.26. The molecular formula is C14H19N3O3. The molecule has 0 unspecified atom stereocenters. The molecule has 3 amide bonds. The predicted octanol–water partition coefficient (Wildman–Crippen LogP) is 2.43. The highest BCUT2D eigenvalue weighted by molar-refractivity contribution is 5.92. The Kier molecular flexibility index (Phi) is 4.12. The van der Waals surface area contributed by atoms with E-state index >= 15 is 0 Å². The van der Waals surface area contributed by atoms with Gasteiger partial charge in [0.25, 0.3) is 0 Å². The first-order chi connectivity index (χ1) is 9.54. The normalized spacial score (nSPS) is 13.3. The molecule has 0 radical (unpaired) electrons. The van der Waals surface area contributed by atoms with Crippen LogP contribution in [-0.4, -0.2) is 31.3 Å². The van der Waals surface area contributed by atoms with Gasteiger partial charge in [-0.25, -0.2) is 9.59 Å². The standard InChI is InChI=1S/C14H19N3O3/c1-15-13(18)16-11-7-8-12(17(2)14(19)20)10-6-4-3-5-9(10)11/h7-8H,3-6H2,1-2H3,(H,19,20)(H2,15,16,18). The van der Waals surface area contributed by atoms with Crippen molar-refractivity contribution in [1.29, 1.82) is 0 Å². The van der Waals surface area contributed by atoms with E-state index in [0.717, 1.165) is 42.5 Å². The molecule has 0 fully saturated rings. The lowest BCUT2D eigenvalue weighted by molar-refractivity contribution is 0.203. The number of urea groups is 1. The molecule has 1 aliphatic carbocycles. The number of fused-ring (bicyclic) bond motifs is 1. The quantitative estimate of drug-likeness (QED) is 0.776. The fourth-order valence-corrected chi connectivity index (χ4v) is 2.57. The van der Waals surface area contributed by atoms with E-state index in [1.54, 1.807) is 26.2 Å². The number of carboxylic acid groups (broad SMARTS) is 1. The summed E-state index contributed by atoms with van der Waals surface area (Å²) in [5, 5.41) is 14.5. The summed E-state index contributed by atoms with van der Waals surface area (Å²) in [5.41, 5.74) is 3.54. The SMILES string of the molecule is CNC(=O)Nc1ccc(N(C)C(=O)O)c2c1CCCC2. The average molecular weight is 277 g/mol. The van der Waals surface area contributed by atoms with Crippen LogP contribution in [0.2, 0.25) is 0 Å². The Bertz CT molecular complexity index is 543. The zero-order chi connectivity index (χ0) is 14.7. The van der Waals surface area contributed by atoms with Gasteiger partial charge in [-0.05, 0) is 48.9 Å². The third-order valence-electron chi connectivity index (χ3n) is 3.63.